The first-order valence-electron chi connectivity index (χ1n) is 6.03. The quantitative estimate of drug-likeness (QED) is 0.866. The van der Waals surface area contributed by atoms with Crippen LogP contribution < -0.4 is 9.47 Å². The van der Waals surface area contributed by atoms with Crippen molar-refractivity contribution in [3.63, 3.8) is 0 Å². The SMILES string of the molecule is OC(c1cc(Cl)c2c(c1)OCCCO2)c1scnc1Br. The van der Waals surface area contributed by atoms with E-state index in [1.54, 1.807) is 17.6 Å². The number of fused-ring (bicyclic) bond motifs is 1. The van der Waals surface area contributed by atoms with Gasteiger partial charge in [0.25, 0.3) is 0 Å². The highest BCUT2D eigenvalue weighted by Crippen LogP contribution is 2.41. The van der Waals surface area contributed by atoms with Gasteiger partial charge in [-0.1, -0.05) is 11.6 Å². The summed E-state index contributed by atoms with van der Waals surface area (Å²) < 4.78 is 11.8. The molecular formula is C13H11BrClNO3S. The predicted octanol–water partition coefficient (Wildman–Crippen LogP) is 3.80. The minimum atomic E-state index is -0.800. The summed E-state index contributed by atoms with van der Waals surface area (Å²) in [6.07, 6.45) is 0.00931. The fourth-order valence-corrected chi connectivity index (χ4v) is 3.67. The molecule has 1 aromatic carbocycles. The van der Waals surface area contributed by atoms with Crippen LogP contribution in [0.5, 0.6) is 11.5 Å². The Balaban J connectivity index is 2.01. The largest absolute Gasteiger partial charge is 0.489 e. The van der Waals surface area contributed by atoms with E-state index in [0.717, 1.165) is 11.3 Å². The van der Waals surface area contributed by atoms with Crippen LogP contribution in [0.4, 0.5) is 0 Å². The van der Waals surface area contributed by atoms with Crippen LogP contribution in [0.2, 0.25) is 5.02 Å². The molecule has 1 atom stereocenters. The van der Waals surface area contributed by atoms with E-state index < -0.39 is 6.10 Å². The van der Waals surface area contributed by atoms with Gasteiger partial charge in [-0.25, -0.2) is 4.98 Å². The number of rotatable bonds is 2. The fraction of sp³-hybridized carbons (Fsp3) is 0.308. The van der Waals surface area contributed by atoms with Crippen molar-refractivity contribution in [2.75, 3.05) is 13.2 Å². The minimum Gasteiger partial charge on any atom is -0.489 e. The molecule has 0 bridgehead atoms. The van der Waals surface area contributed by atoms with Crippen molar-refractivity contribution < 1.29 is 14.6 Å². The molecule has 20 heavy (non-hydrogen) atoms. The summed E-state index contributed by atoms with van der Waals surface area (Å²) in [5.41, 5.74) is 2.33. The Kier molecular flexibility index (Phi) is 4.16. The van der Waals surface area contributed by atoms with Gasteiger partial charge in [0.1, 0.15) is 10.7 Å². The highest BCUT2D eigenvalue weighted by Gasteiger charge is 2.22. The normalized spacial score (nSPS) is 15.8. The van der Waals surface area contributed by atoms with Crippen LogP contribution in [0, 0.1) is 0 Å². The van der Waals surface area contributed by atoms with Crippen molar-refractivity contribution in [1.82, 2.24) is 4.98 Å². The molecule has 0 radical (unpaired) electrons. The summed E-state index contributed by atoms with van der Waals surface area (Å²) in [5.74, 6) is 1.12. The minimum absolute atomic E-state index is 0.444. The molecular weight excluding hydrogens is 366 g/mol. The van der Waals surface area contributed by atoms with Gasteiger partial charge in [0.15, 0.2) is 11.5 Å². The third-order valence-electron chi connectivity index (χ3n) is 2.94. The zero-order valence-corrected chi connectivity index (χ0v) is 13.5. The lowest BCUT2D eigenvalue weighted by atomic mass is 10.1. The van der Waals surface area contributed by atoms with Gasteiger partial charge in [-0.05, 0) is 33.6 Å². The van der Waals surface area contributed by atoms with Crippen LogP contribution in [0.15, 0.2) is 22.2 Å². The van der Waals surface area contributed by atoms with Crippen molar-refractivity contribution in [2.24, 2.45) is 0 Å². The number of aliphatic hydroxyl groups excluding tert-OH is 1. The molecule has 2 aromatic rings. The van der Waals surface area contributed by atoms with Crippen molar-refractivity contribution in [3.05, 3.63) is 37.7 Å². The summed E-state index contributed by atoms with van der Waals surface area (Å²) in [6.45, 7) is 1.15. The van der Waals surface area contributed by atoms with E-state index >= 15 is 0 Å². The van der Waals surface area contributed by atoms with Crippen LogP contribution in [0.25, 0.3) is 0 Å². The molecule has 3 rings (SSSR count). The smallest absolute Gasteiger partial charge is 0.179 e. The van der Waals surface area contributed by atoms with E-state index in [4.69, 9.17) is 21.1 Å². The maximum Gasteiger partial charge on any atom is 0.179 e. The van der Waals surface area contributed by atoms with Gasteiger partial charge >= 0.3 is 0 Å². The monoisotopic (exact) mass is 375 g/mol. The number of halogens is 2. The third kappa shape index (κ3) is 2.65. The molecule has 0 saturated heterocycles. The molecule has 0 spiro atoms. The summed E-state index contributed by atoms with van der Waals surface area (Å²) in [7, 11) is 0. The topological polar surface area (TPSA) is 51.6 Å². The molecule has 4 nitrogen and oxygen atoms in total. The van der Waals surface area contributed by atoms with Crippen LogP contribution in [0.1, 0.15) is 23.0 Å². The Morgan fingerprint density at radius 1 is 1.35 bits per heavy atom. The Morgan fingerprint density at radius 3 is 2.90 bits per heavy atom. The van der Waals surface area contributed by atoms with Crippen molar-refractivity contribution in [1.29, 1.82) is 0 Å². The zero-order valence-electron chi connectivity index (χ0n) is 10.3. The molecule has 0 saturated carbocycles. The highest BCUT2D eigenvalue weighted by molar-refractivity contribution is 9.10. The van der Waals surface area contributed by atoms with Crippen molar-refractivity contribution in [2.45, 2.75) is 12.5 Å². The van der Waals surface area contributed by atoms with E-state index in [1.165, 1.54) is 11.3 Å². The molecule has 7 heteroatoms. The number of nitrogens with zero attached hydrogens (tertiary/aromatic N) is 1. The molecule has 1 unspecified atom stereocenters. The lowest BCUT2D eigenvalue weighted by molar-refractivity contribution is 0.222. The summed E-state index contributed by atoms with van der Waals surface area (Å²) in [4.78, 5) is 4.81. The second-order valence-corrected chi connectivity index (χ2v) is 6.34. The van der Waals surface area contributed by atoms with Gasteiger partial charge in [0.2, 0.25) is 0 Å². The molecule has 1 aliphatic heterocycles. The van der Waals surface area contributed by atoms with Gasteiger partial charge < -0.3 is 14.6 Å². The number of aromatic nitrogens is 1. The number of thiazole rings is 1. The summed E-state index contributed by atoms with van der Waals surface area (Å²) in [5, 5.41) is 10.9. The summed E-state index contributed by atoms with van der Waals surface area (Å²) in [6, 6.07) is 3.47. The van der Waals surface area contributed by atoms with Gasteiger partial charge in [-0.3, -0.25) is 0 Å². The Bertz CT molecular complexity index is 634. The zero-order chi connectivity index (χ0) is 14.1. The average Bonchev–Trinajstić information content (AvgIpc) is 2.72. The number of aliphatic hydroxyl groups is 1. The van der Waals surface area contributed by atoms with Gasteiger partial charge in [-0.2, -0.15) is 0 Å². The highest BCUT2D eigenvalue weighted by atomic mass is 79.9. The van der Waals surface area contributed by atoms with Gasteiger partial charge in [0, 0.05) is 6.42 Å². The van der Waals surface area contributed by atoms with E-state index in [9.17, 15) is 5.11 Å². The third-order valence-corrected chi connectivity index (χ3v) is 4.99. The maximum absolute atomic E-state index is 10.4. The van der Waals surface area contributed by atoms with Crippen LogP contribution in [0.3, 0.4) is 0 Å². The Labute approximate surface area is 133 Å². The van der Waals surface area contributed by atoms with Gasteiger partial charge in [-0.15, -0.1) is 11.3 Å². The first-order chi connectivity index (χ1) is 9.66. The predicted molar refractivity (Wildman–Crippen MR) is 80.9 cm³/mol. The first-order valence-corrected chi connectivity index (χ1v) is 8.08. The van der Waals surface area contributed by atoms with Crippen molar-refractivity contribution >= 4 is 38.9 Å². The molecule has 1 aliphatic rings. The fourth-order valence-electron chi connectivity index (χ4n) is 1.98. The maximum atomic E-state index is 10.4. The van der Waals surface area contributed by atoms with E-state index in [1.807, 2.05) is 0 Å². The molecule has 0 amide bonds. The van der Waals surface area contributed by atoms with Crippen molar-refractivity contribution in [3.8, 4) is 11.5 Å². The standard InChI is InChI=1S/C13H11BrClNO3S/c14-13-12(20-6-16-13)10(17)7-4-8(15)11-9(5-7)18-2-1-3-19-11/h4-6,10,17H,1-3H2. The summed E-state index contributed by atoms with van der Waals surface area (Å²) >= 11 is 10.9. The van der Waals surface area contributed by atoms with Crippen LogP contribution in [-0.4, -0.2) is 23.3 Å². The average molecular weight is 377 g/mol. The molecule has 2 heterocycles. The molecule has 1 N–H and O–H groups in total. The first kappa shape index (κ1) is 14.1. The molecule has 0 fully saturated rings. The number of ether oxygens (including phenoxy) is 2. The molecule has 106 valence electrons. The number of hydrogen-bond acceptors (Lipinski definition) is 5. The second kappa shape index (κ2) is 5.89. The van der Waals surface area contributed by atoms with E-state index in [-0.39, 0.29) is 0 Å². The lowest BCUT2D eigenvalue weighted by Gasteiger charge is -2.14. The Hall–Kier alpha value is -0.820. The van der Waals surface area contributed by atoms with E-state index in [2.05, 4.69) is 20.9 Å². The molecule has 1 aromatic heterocycles. The molecule has 0 aliphatic carbocycles. The van der Waals surface area contributed by atoms with Gasteiger partial charge in [0.05, 0.1) is 28.6 Å². The lowest BCUT2D eigenvalue weighted by Crippen LogP contribution is -2.00. The van der Waals surface area contributed by atoms with Crippen LogP contribution >= 0.6 is 38.9 Å². The second-order valence-electron chi connectivity index (χ2n) is 4.29. The number of benzene rings is 1. The van der Waals surface area contributed by atoms with E-state index in [0.29, 0.717) is 39.9 Å². The Morgan fingerprint density at radius 2 is 2.15 bits per heavy atom. The number of hydrogen-bond donors (Lipinski definition) is 1. The van der Waals surface area contributed by atoms with Crippen LogP contribution in [-0.2, 0) is 0 Å².